The van der Waals surface area contributed by atoms with Gasteiger partial charge in [0.2, 0.25) is 0 Å². The molecule has 166 valence electrons. The summed E-state index contributed by atoms with van der Waals surface area (Å²) < 4.78 is 29.9. The summed E-state index contributed by atoms with van der Waals surface area (Å²) in [6.45, 7) is 1.87. The molecule has 0 fully saturated rings. The fraction of sp³-hybridized carbons (Fsp3) is 0.0435. The SMILES string of the molecule is Cc1cccc(NC(=O)/C(C#N)=C/c2ccc(OS(=O)(=O)c3cccc([N+](=O)[O-])c3)cc2)c1. The van der Waals surface area contributed by atoms with Crippen molar-refractivity contribution < 1.29 is 22.3 Å². The van der Waals surface area contributed by atoms with Crippen LogP contribution >= 0.6 is 0 Å². The van der Waals surface area contributed by atoms with Crippen LogP contribution in [0.4, 0.5) is 11.4 Å². The number of aryl methyl sites for hydroxylation is 1. The lowest BCUT2D eigenvalue weighted by atomic mass is 10.1. The minimum atomic E-state index is -4.30. The molecule has 3 aromatic rings. The molecule has 0 aliphatic rings. The number of nitrogens with zero attached hydrogens (tertiary/aromatic N) is 2. The number of nitriles is 1. The number of carbonyl (C=O) groups excluding carboxylic acids is 1. The van der Waals surface area contributed by atoms with Gasteiger partial charge in [-0.15, -0.1) is 0 Å². The number of non-ortho nitro benzene ring substituents is 1. The van der Waals surface area contributed by atoms with Gasteiger partial charge in [0.05, 0.1) is 4.92 Å². The standard InChI is InChI=1S/C23H17N3O6S/c1-16-4-2-5-19(12-16)25-23(27)18(15-24)13-17-8-10-21(11-9-17)32-33(30,31)22-7-3-6-20(14-22)26(28)29/h2-14H,1H3,(H,25,27)/b18-13+. The van der Waals surface area contributed by atoms with E-state index in [0.717, 1.165) is 11.6 Å². The van der Waals surface area contributed by atoms with Crippen LogP contribution in [0.1, 0.15) is 11.1 Å². The first-order valence-corrected chi connectivity index (χ1v) is 10.9. The maximum Gasteiger partial charge on any atom is 0.339 e. The Morgan fingerprint density at radius 1 is 1.09 bits per heavy atom. The predicted molar refractivity (Wildman–Crippen MR) is 121 cm³/mol. The third-order valence-electron chi connectivity index (χ3n) is 4.36. The highest BCUT2D eigenvalue weighted by Gasteiger charge is 2.20. The summed E-state index contributed by atoms with van der Waals surface area (Å²) in [4.78, 5) is 22.2. The molecule has 3 rings (SSSR count). The van der Waals surface area contributed by atoms with Crippen LogP contribution in [0.2, 0.25) is 0 Å². The highest BCUT2D eigenvalue weighted by Crippen LogP contribution is 2.23. The number of nitro benzene ring substituents is 1. The first kappa shape index (κ1) is 23.2. The lowest BCUT2D eigenvalue weighted by Gasteiger charge is -2.07. The molecule has 0 aromatic heterocycles. The number of hydrogen-bond acceptors (Lipinski definition) is 7. The summed E-state index contributed by atoms with van der Waals surface area (Å²) in [6, 6.07) is 19.1. The Bertz CT molecular complexity index is 1390. The van der Waals surface area contributed by atoms with Gasteiger partial charge >= 0.3 is 10.1 Å². The highest BCUT2D eigenvalue weighted by atomic mass is 32.2. The zero-order valence-corrected chi connectivity index (χ0v) is 18.1. The molecule has 1 amide bonds. The van der Waals surface area contributed by atoms with Gasteiger partial charge in [-0.3, -0.25) is 14.9 Å². The first-order valence-electron chi connectivity index (χ1n) is 9.47. The Hall–Kier alpha value is -4.49. The second kappa shape index (κ2) is 9.76. The van der Waals surface area contributed by atoms with Crippen molar-refractivity contribution >= 4 is 33.5 Å². The number of anilines is 1. The Morgan fingerprint density at radius 3 is 2.42 bits per heavy atom. The predicted octanol–water partition coefficient (Wildman–Crippen LogP) is 4.22. The van der Waals surface area contributed by atoms with Crippen LogP contribution in [0.15, 0.2) is 83.3 Å². The van der Waals surface area contributed by atoms with E-state index in [-0.39, 0.29) is 21.9 Å². The Kier molecular flexibility index (Phi) is 6.85. The van der Waals surface area contributed by atoms with Gasteiger partial charge in [-0.05, 0) is 54.5 Å². The molecule has 0 saturated carbocycles. The van der Waals surface area contributed by atoms with Gasteiger partial charge < -0.3 is 9.50 Å². The van der Waals surface area contributed by atoms with Gasteiger partial charge in [0, 0.05) is 17.8 Å². The van der Waals surface area contributed by atoms with Crippen LogP contribution in [0.25, 0.3) is 6.08 Å². The third-order valence-corrected chi connectivity index (χ3v) is 5.60. The molecule has 9 nitrogen and oxygen atoms in total. The Labute approximate surface area is 189 Å². The normalized spacial score (nSPS) is 11.3. The number of rotatable bonds is 7. The number of amides is 1. The van der Waals surface area contributed by atoms with Crippen molar-refractivity contribution in [3.8, 4) is 11.8 Å². The van der Waals surface area contributed by atoms with Gasteiger partial charge in [-0.1, -0.05) is 30.3 Å². The highest BCUT2D eigenvalue weighted by molar-refractivity contribution is 7.87. The largest absolute Gasteiger partial charge is 0.379 e. The molecule has 0 aliphatic carbocycles. The Morgan fingerprint density at radius 2 is 1.79 bits per heavy atom. The average molecular weight is 463 g/mol. The third kappa shape index (κ3) is 6.03. The summed E-state index contributed by atoms with van der Waals surface area (Å²) in [5.41, 5.74) is 1.44. The lowest BCUT2D eigenvalue weighted by Crippen LogP contribution is -2.13. The molecule has 0 atom stereocenters. The van der Waals surface area contributed by atoms with E-state index < -0.39 is 20.9 Å². The number of carbonyl (C=O) groups is 1. The van der Waals surface area contributed by atoms with E-state index in [1.54, 1.807) is 18.2 Å². The van der Waals surface area contributed by atoms with Crippen LogP contribution in [0, 0.1) is 28.4 Å². The lowest BCUT2D eigenvalue weighted by molar-refractivity contribution is -0.385. The molecule has 0 bridgehead atoms. The van der Waals surface area contributed by atoms with Crippen molar-refractivity contribution in [2.24, 2.45) is 0 Å². The molecule has 0 radical (unpaired) electrons. The van der Waals surface area contributed by atoms with Gasteiger partial charge in [0.25, 0.3) is 11.6 Å². The second-order valence-corrected chi connectivity index (χ2v) is 8.40. The number of nitro groups is 1. The van der Waals surface area contributed by atoms with Crippen molar-refractivity contribution in [3.05, 3.63) is 99.6 Å². The van der Waals surface area contributed by atoms with E-state index in [0.29, 0.717) is 11.3 Å². The van der Waals surface area contributed by atoms with Crippen LogP contribution in [0.3, 0.4) is 0 Å². The van der Waals surface area contributed by atoms with Gasteiger partial charge in [-0.25, -0.2) is 0 Å². The quantitative estimate of drug-likeness (QED) is 0.182. The molecule has 10 heteroatoms. The number of hydrogen-bond donors (Lipinski definition) is 1. The van der Waals surface area contributed by atoms with E-state index >= 15 is 0 Å². The van der Waals surface area contributed by atoms with Gasteiger partial charge in [0.1, 0.15) is 22.3 Å². The minimum absolute atomic E-state index is 0.0404. The Balaban J connectivity index is 1.75. The van der Waals surface area contributed by atoms with Crippen molar-refractivity contribution in [2.75, 3.05) is 5.32 Å². The fourth-order valence-electron chi connectivity index (χ4n) is 2.78. The van der Waals surface area contributed by atoms with Crippen LogP contribution in [-0.2, 0) is 14.9 Å². The van der Waals surface area contributed by atoms with Crippen LogP contribution < -0.4 is 9.50 Å². The van der Waals surface area contributed by atoms with Crippen molar-refractivity contribution in [3.63, 3.8) is 0 Å². The summed E-state index contributed by atoms with van der Waals surface area (Å²) in [6.07, 6.45) is 1.35. The van der Waals surface area contributed by atoms with Crippen molar-refractivity contribution in [1.29, 1.82) is 5.26 Å². The summed E-state index contributed by atoms with van der Waals surface area (Å²) in [7, 11) is -4.30. The summed E-state index contributed by atoms with van der Waals surface area (Å²) in [5.74, 6) is -0.627. The van der Waals surface area contributed by atoms with Crippen molar-refractivity contribution in [2.45, 2.75) is 11.8 Å². The molecule has 0 saturated heterocycles. The van der Waals surface area contributed by atoms with E-state index in [1.807, 2.05) is 19.1 Å². The van der Waals surface area contributed by atoms with Crippen molar-refractivity contribution in [1.82, 2.24) is 0 Å². The molecule has 33 heavy (non-hydrogen) atoms. The van der Waals surface area contributed by atoms with Crippen LogP contribution in [0.5, 0.6) is 5.75 Å². The maximum absolute atomic E-state index is 12.4. The molecule has 0 aliphatic heterocycles. The molecule has 0 unspecified atom stereocenters. The van der Waals surface area contributed by atoms with E-state index in [4.69, 9.17) is 4.18 Å². The van der Waals surface area contributed by atoms with E-state index in [1.165, 1.54) is 48.5 Å². The smallest absolute Gasteiger partial charge is 0.339 e. The molecule has 1 N–H and O–H groups in total. The topological polar surface area (TPSA) is 139 Å². The van der Waals surface area contributed by atoms with Gasteiger partial charge in [-0.2, -0.15) is 13.7 Å². The molecular formula is C23H17N3O6S. The van der Waals surface area contributed by atoms with Gasteiger partial charge in [0.15, 0.2) is 0 Å². The molecule has 0 heterocycles. The minimum Gasteiger partial charge on any atom is -0.379 e. The molecule has 3 aromatic carbocycles. The summed E-state index contributed by atoms with van der Waals surface area (Å²) in [5, 5.41) is 22.9. The zero-order valence-electron chi connectivity index (χ0n) is 17.3. The second-order valence-electron chi connectivity index (χ2n) is 6.85. The summed E-state index contributed by atoms with van der Waals surface area (Å²) >= 11 is 0. The van der Waals surface area contributed by atoms with Crippen LogP contribution in [-0.4, -0.2) is 19.2 Å². The monoisotopic (exact) mass is 463 g/mol. The molecular weight excluding hydrogens is 446 g/mol. The fourth-order valence-corrected chi connectivity index (χ4v) is 3.75. The molecule has 0 spiro atoms. The average Bonchev–Trinajstić information content (AvgIpc) is 2.78. The number of benzene rings is 3. The first-order chi connectivity index (χ1) is 15.7. The maximum atomic E-state index is 12.4. The van der Waals surface area contributed by atoms with E-state index in [9.17, 15) is 28.6 Å². The zero-order chi connectivity index (χ0) is 24.0. The number of nitrogens with one attached hydrogen (secondary N) is 1. The van der Waals surface area contributed by atoms with E-state index in [2.05, 4.69) is 5.32 Å².